The Labute approximate surface area is 120 Å². The van der Waals surface area contributed by atoms with Crippen molar-refractivity contribution in [2.24, 2.45) is 5.41 Å². The molecular weight excluding hydrogens is 273 g/mol. The average molecular weight is 292 g/mol. The fraction of sp³-hybridized carbons (Fsp3) is 0.500. The maximum Gasteiger partial charge on any atom is 0.231 e. The summed E-state index contributed by atoms with van der Waals surface area (Å²) in [5.41, 5.74) is 1.37. The second-order valence-corrected chi connectivity index (χ2v) is 4.58. The van der Waals surface area contributed by atoms with Gasteiger partial charge in [-0.25, -0.2) is 0 Å². The van der Waals surface area contributed by atoms with Gasteiger partial charge in [-0.3, -0.25) is 9.78 Å². The zero-order valence-electron chi connectivity index (χ0n) is 10.5. The number of anilines is 1. The van der Waals surface area contributed by atoms with Crippen LogP contribution < -0.4 is 10.6 Å². The Bertz CT molecular complexity index is 406. The maximum absolute atomic E-state index is 12.1. The van der Waals surface area contributed by atoms with Gasteiger partial charge in [0, 0.05) is 12.7 Å². The first-order valence-electron chi connectivity index (χ1n) is 5.56. The van der Waals surface area contributed by atoms with Crippen LogP contribution >= 0.6 is 24.8 Å². The minimum atomic E-state index is -0.289. The van der Waals surface area contributed by atoms with Crippen molar-refractivity contribution < 1.29 is 4.79 Å². The van der Waals surface area contributed by atoms with Crippen LogP contribution in [0.25, 0.3) is 0 Å². The van der Waals surface area contributed by atoms with Crippen molar-refractivity contribution in [2.45, 2.75) is 20.3 Å². The van der Waals surface area contributed by atoms with Gasteiger partial charge in [0.25, 0.3) is 0 Å². The van der Waals surface area contributed by atoms with Gasteiger partial charge >= 0.3 is 0 Å². The first-order chi connectivity index (χ1) is 7.62. The summed E-state index contributed by atoms with van der Waals surface area (Å²) in [6.07, 6.45) is 2.61. The lowest BCUT2D eigenvalue weighted by atomic mass is 9.88. The van der Waals surface area contributed by atoms with Crippen LogP contribution in [0.1, 0.15) is 19.0 Å². The fourth-order valence-electron chi connectivity index (χ4n) is 1.90. The van der Waals surface area contributed by atoms with Crippen molar-refractivity contribution in [3.63, 3.8) is 0 Å². The summed E-state index contributed by atoms with van der Waals surface area (Å²) in [7, 11) is 0. The van der Waals surface area contributed by atoms with Gasteiger partial charge in [-0.05, 0) is 38.9 Å². The molecule has 1 saturated heterocycles. The van der Waals surface area contributed by atoms with Gasteiger partial charge in [0.2, 0.25) is 5.91 Å². The zero-order valence-corrected chi connectivity index (χ0v) is 12.2. The van der Waals surface area contributed by atoms with Crippen molar-refractivity contribution in [3.8, 4) is 0 Å². The summed E-state index contributed by atoms with van der Waals surface area (Å²) >= 11 is 0. The Kier molecular flexibility index (Phi) is 6.60. The third-order valence-corrected chi connectivity index (χ3v) is 3.17. The van der Waals surface area contributed by atoms with Gasteiger partial charge in [-0.15, -0.1) is 24.8 Å². The number of carbonyl (C=O) groups is 1. The molecule has 1 aliphatic rings. The molecule has 2 rings (SSSR count). The topological polar surface area (TPSA) is 54.0 Å². The van der Waals surface area contributed by atoms with Gasteiger partial charge in [0.1, 0.15) is 0 Å². The third kappa shape index (κ3) is 3.57. The summed E-state index contributed by atoms with van der Waals surface area (Å²) < 4.78 is 0. The van der Waals surface area contributed by atoms with E-state index in [0.717, 1.165) is 30.9 Å². The number of amides is 1. The van der Waals surface area contributed by atoms with E-state index in [1.54, 1.807) is 6.20 Å². The molecule has 1 aromatic rings. The molecule has 1 fully saturated rings. The van der Waals surface area contributed by atoms with E-state index in [1.807, 2.05) is 26.0 Å². The molecular formula is C12H19Cl2N3O. The molecule has 4 nitrogen and oxygen atoms in total. The second kappa shape index (κ2) is 6.92. The Morgan fingerprint density at radius 2 is 2.22 bits per heavy atom. The number of hydrogen-bond donors (Lipinski definition) is 2. The van der Waals surface area contributed by atoms with Crippen molar-refractivity contribution in [1.29, 1.82) is 0 Å². The van der Waals surface area contributed by atoms with Crippen LogP contribution in [0.2, 0.25) is 0 Å². The van der Waals surface area contributed by atoms with Gasteiger partial charge in [-0.2, -0.15) is 0 Å². The van der Waals surface area contributed by atoms with E-state index in [-0.39, 0.29) is 36.1 Å². The highest BCUT2D eigenvalue weighted by Crippen LogP contribution is 2.26. The number of rotatable bonds is 2. The van der Waals surface area contributed by atoms with Crippen LogP contribution in [0, 0.1) is 12.3 Å². The van der Waals surface area contributed by atoms with Crippen molar-refractivity contribution in [3.05, 3.63) is 24.0 Å². The summed E-state index contributed by atoms with van der Waals surface area (Å²) in [4.78, 5) is 16.3. The van der Waals surface area contributed by atoms with Gasteiger partial charge in [-0.1, -0.05) is 0 Å². The van der Waals surface area contributed by atoms with Gasteiger partial charge < -0.3 is 10.6 Å². The summed E-state index contributed by atoms with van der Waals surface area (Å²) in [5, 5.41) is 6.17. The second-order valence-electron chi connectivity index (χ2n) is 4.58. The van der Waals surface area contributed by atoms with E-state index in [1.165, 1.54) is 0 Å². The number of halogens is 2. The molecule has 0 bridgehead atoms. The van der Waals surface area contributed by atoms with E-state index in [9.17, 15) is 4.79 Å². The smallest absolute Gasteiger partial charge is 0.231 e. The maximum atomic E-state index is 12.1. The molecule has 102 valence electrons. The Morgan fingerprint density at radius 1 is 1.50 bits per heavy atom. The third-order valence-electron chi connectivity index (χ3n) is 3.17. The van der Waals surface area contributed by atoms with E-state index >= 15 is 0 Å². The quantitative estimate of drug-likeness (QED) is 0.878. The molecule has 0 spiro atoms. The molecule has 0 radical (unpaired) electrons. The number of nitrogens with one attached hydrogen (secondary N) is 2. The number of pyridine rings is 1. The predicted octanol–water partition coefficient (Wildman–Crippen LogP) is 2.17. The van der Waals surface area contributed by atoms with Crippen LogP contribution in [-0.2, 0) is 4.79 Å². The highest BCUT2D eigenvalue weighted by molar-refractivity contribution is 5.95. The number of hydrogen-bond acceptors (Lipinski definition) is 3. The van der Waals surface area contributed by atoms with Crippen LogP contribution in [0.4, 0.5) is 5.69 Å². The average Bonchev–Trinajstić information content (AvgIpc) is 2.70. The minimum absolute atomic E-state index is 0. The normalized spacial score (nSPS) is 21.7. The van der Waals surface area contributed by atoms with E-state index in [2.05, 4.69) is 15.6 Å². The molecule has 2 N–H and O–H groups in total. The molecule has 0 aliphatic carbocycles. The summed E-state index contributed by atoms with van der Waals surface area (Å²) in [6.45, 7) is 5.55. The van der Waals surface area contributed by atoms with E-state index in [4.69, 9.17) is 0 Å². The van der Waals surface area contributed by atoms with Crippen LogP contribution in [0.3, 0.4) is 0 Å². The summed E-state index contributed by atoms with van der Waals surface area (Å²) in [5.74, 6) is 0.0774. The molecule has 0 aromatic carbocycles. The molecule has 2 heterocycles. The molecule has 1 aliphatic heterocycles. The number of aromatic nitrogens is 1. The lowest BCUT2D eigenvalue weighted by Gasteiger charge is -2.21. The minimum Gasteiger partial charge on any atom is -0.324 e. The van der Waals surface area contributed by atoms with E-state index < -0.39 is 0 Å². The molecule has 1 aromatic heterocycles. The first kappa shape index (κ1) is 17.2. The number of nitrogens with zero attached hydrogens (tertiary/aromatic N) is 1. The number of aryl methyl sites for hydroxylation is 1. The zero-order chi connectivity index (χ0) is 11.6. The monoisotopic (exact) mass is 291 g/mol. The van der Waals surface area contributed by atoms with Crippen molar-refractivity contribution in [1.82, 2.24) is 10.3 Å². The van der Waals surface area contributed by atoms with Crippen molar-refractivity contribution in [2.75, 3.05) is 18.4 Å². The standard InChI is InChI=1S/C12H17N3O.2ClH/c1-9-10(4-3-6-14-9)15-11(16)12(2)5-7-13-8-12;;/h3-4,6,13H,5,7-8H2,1-2H3,(H,15,16);2*1H. The fourth-order valence-corrected chi connectivity index (χ4v) is 1.90. The van der Waals surface area contributed by atoms with E-state index in [0.29, 0.717) is 0 Å². The van der Waals surface area contributed by atoms with Crippen LogP contribution in [-0.4, -0.2) is 24.0 Å². The van der Waals surface area contributed by atoms with Gasteiger partial charge in [0.05, 0.1) is 16.8 Å². The summed E-state index contributed by atoms with van der Waals surface area (Å²) in [6, 6.07) is 3.71. The highest BCUT2D eigenvalue weighted by atomic mass is 35.5. The molecule has 18 heavy (non-hydrogen) atoms. The molecule has 1 amide bonds. The first-order valence-corrected chi connectivity index (χ1v) is 5.56. The van der Waals surface area contributed by atoms with Gasteiger partial charge in [0.15, 0.2) is 0 Å². The molecule has 1 atom stereocenters. The number of carbonyl (C=O) groups excluding carboxylic acids is 1. The predicted molar refractivity (Wildman–Crippen MR) is 77.7 cm³/mol. The van der Waals surface area contributed by atoms with Crippen LogP contribution in [0.5, 0.6) is 0 Å². The molecule has 1 unspecified atom stereocenters. The SMILES string of the molecule is Cc1ncccc1NC(=O)C1(C)CCNC1.Cl.Cl. The highest BCUT2D eigenvalue weighted by Gasteiger charge is 2.36. The lowest BCUT2D eigenvalue weighted by Crippen LogP contribution is -2.35. The molecule has 0 saturated carbocycles. The Hall–Kier alpha value is -0.840. The lowest BCUT2D eigenvalue weighted by molar-refractivity contribution is -0.123. The largest absolute Gasteiger partial charge is 0.324 e. The Balaban J connectivity index is 0.00000144. The Morgan fingerprint density at radius 3 is 2.78 bits per heavy atom. The molecule has 6 heteroatoms. The van der Waals surface area contributed by atoms with Crippen LogP contribution in [0.15, 0.2) is 18.3 Å². The van der Waals surface area contributed by atoms with Crippen molar-refractivity contribution >= 4 is 36.4 Å².